The molecule has 0 bridgehead atoms. The number of nitrogens with zero attached hydrogens (tertiary/aromatic N) is 1. The van der Waals surface area contributed by atoms with Gasteiger partial charge in [0.1, 0.15) is 6.61 Å². The molecule has 18 heavy (non-hydrogen) atoms. The number of carbonyl (C=O) groups is 2. The van der Waals surface area contributed by atoms with E-state index in [0.717, 1.165) is 12.8 Å². The molecule has 1 amide bonds. The summed E-state index contributed by atoms with van der Waals surface area (Å²) in [6, 6.07) is 0. The van der Waals surface area contributed by atoms with Crippen LogP contribution in [0.3, 0.4) is 0 Å². The van der Waals surface area contributed by atoms with Gasteiger partial charge < -0.3 is 19.5 Å². The van der Waals surface area contributed by atoms with Crippen LogP contribution in [0.4, 0.5) is 0 Å². The summed E-state index contributed by atoms with van der Waals surface area (Å²) in [5.74, 6) is -0.800. The zero-order valence-electron chi connectivity index (χ0n) is 10.8. The number of piperidine rings is 1. The Balaban J connectivity index is 2.27. The second-order valence-electron chi connectivity index (χ2n) is 4.49. The number of carboxylic acid groups (broad SMARTS) is 1. The van der Waals surface area contributed by atoms with Crippen LogP contribution in [0.1, 0.15) is 19.3 Å². The maximum Gasteiger partial charge on any atom is 0.303 e. The third-order valence-electron chi connectivity index (χ3n) is 2.99. The van der Waals surface area contributed by atoms with Crippen molar-refractivity contribution in [3.05, 3.63) is 0 Å². The van der Waals surface area contributed by atoms with Crippen molar-refractivity contribution in [3.63, 3.8) is 0 Å². The highest BCUT2D eigenvalue weighted by Gasteiger charge is 2.24. The molecule has 1 saturated heterocycles. The number of methoxy groups -OCH3 is 1. The fourth-order valence-electron chi connectivity index (χ4n) is 2.10. The molecule has 6 heteroatoms. The first-order valence-electron chi connectivity index (χ1n) is 6.19. The summed E-state index contributed by atoms with van der Waals surface area (Å²) in [5, 5.41) is 8.75. The number of ether oxygens (including phenoxy) is 2. The van der Waals surface area contributed by atoms with Crippen LogP contribution < -0.4 is 0 Å². The number of hydrogen-bond donors (Lipinski definition) is 1. The van der Waals surface area contributed by atoms with Crippen LogP contribution >= 0.6 is 0 Å². The number of amides is 1. The van der Waals surface area contributed by atoms with E-state index < -0.39 is 5.97 Å². The molecule has 104 valence electrons. The molecular formula is C12H21NO5. The van der Waals surface area contributed by atoms with Gasteiger partial charge in [-0.15, -0.1) is 0 Å². The lowest BCUT2D eigenvalue weighted by Crippen LogP contribution is -2.42. The Morgan fingerprint density at radius 1 is 1.39 bits per heavy atom. The average Bonchev–Trinajstić information content (AvgIpc) is 2.34. The van der Waals surface area contributed by atoms with Crippen LogP contribution in [0.15, 0.2) is 0 Å². The minimum atomic E-state index is -0.800. The molecule has 0 saturated carbocycles. The summed E-state index contributed by atoms with van der Waals surface area (Å²) in [6.07, 6.45) is 1.87. The van der Waals surface area contributed by atoms with Gasteiger partial charge in [0.15, 0.2) is 0 Å². The van der Waals surface area contributed by atoms with E-state index in [4.69, 9.17) is 14.6 Å². The minimum Gasteiger partial charge on any atom is -0.481 e. The molecular weight excluding hydrogens is 238 g/mol. The summed E-state index contributed by atoms with van der Waals surface area (Å²) in [5.41, 5.74) is 0. The van der Waals surface area contributed by atoms with Gasteiger partial charge in [0.05, 0.1) is 13.2 Å². The first-order chi connectivity index (χ1) is 8.63. The molecule has 1 unspecified atom stereocenters. The van der Waals surface area contributed by atoms with Crippen molar-refractivity contribution < 1.29 is 24.2 Å². The SMILES string of the molecule is COCCOCC(=O)N1CCCC(CC(=O)O)C1. The van der Waals surface area contributed by atoms with E-state index in [0.29, 0.717) is 26.3 Å². The highest BCUT2D eigenvalue weighted by molar-refractivity contribution is 5.77. The standard InChI is InChI=1S/C12H21NO5/c1-17-5-6-18-9-11(14)13-4-2-3-10(8-13)7-12(15)16/h10H,2-9H2,1H3,(H,15,16). The Morgan fingerprint density at radius 2 is 2.17 bits per heavy atom. The molecule has 1 aliphatic rings. The number of aliphatic carboxylic acids is 1. The Morgan fingerprint density at radius 3 is 2.83 bits per heavy atom. The predicted molar refractivity (Wildman–Crippen MR) is 64.3 cm³/mol. The maximum atomic E-state index is 11.8. The summed E-state index contributed by atoms with van der Waals surface area (Å²) < 4.78 is 9.99. The fourth-order valence-corrected chi connectivity index (χ4v) is 2.10. The van der Waals surface area contributed by atoms with Gasteiger partial charge in [-0.1, -0.05) is 0 Å². The van der Waals surface area contributed by atoms with Crippen molar-refractivity contribution in [1.29, 1.82) is 0 Å². The fraction of sp³-hybridized carbons (Fsp3) is 0.833. The molecule has 1 rings (SSSR count). The maximum absolute atomic E-state index is 11.8. The Kier molecular flexibility index (Phi) is 6.67. The third kappa shape index (κ3) is 5.46. The highest BCUT2D eigenvalue weighted by Crippen LogP contribution is 2.19. The lowest BCUT2D eigenvalue weighted by Gasteiger charge is -2.32. The number of carboxylic acids is 1. The topological polar surface area (TPSA) is 76.1 Å². The van der Waals surface area contributed by atoms with Gasteiger partial charge in [-0.3, -0.25) is 9.59 Å². The van der Waals surface area contributed by atoms with Crippen molar-refractivity contribution >= 4 is 11.9 Å². The van der Waals surface area contributed by atoms with Crippen molar-refractivity contribution in [2.45, 2.75) is 19.3 Å². The molecule has 0 aromatic carbocycles. The molecule has 0 radical (unpaired) electrons. The molecule has 1 atom stereocenters. The van der Waals surface area contributed by atoms with Crippen LogP contribution in [0.2, 0.25) is 0 Å². The number of hydrogen-bond acceptors (Lipinski definition) is 4. The average molecular weight is 259 g/mol. The monoisotopic (exact) mass is 259 g/mol. The van der Waals surface area contributed by atoms with E-state index in [-0.39, 0.29) is 24.9 Å². The van der Waals surface area contributed by atoms with Gasteiger partial charge in [-0.2, -0.15) is 0 Å². The summed E-state index contributed by atoms with van der Waals surface area (Å²) >= 11 is 0. The molecule has 1 aliphatic heterocycles. The first-order valence-corrected chi connectivity index (χ1v) is 6.19. The summed E-state index contributed by atoms with van der Waals surface area (Å²) in [7, 11) is 1.58. The van der Waals surface area contributed by atoms with E-state index in [9.17, 15) is 9.59 Å². The Bertz CT molecular complexity index is 282. The zero-order valence-corrected chi connectivity index (χ0v) is 10.8. The summed E-state index contributed by atoms with van der Waals surface area (Å²) in [6.45, 7) is 2.13. The van der Waals surface area contributed by atoms with Gasteiger partial charge >= 0.3 is 5.97 Å². The quantitative estimate of drug-likeness (QED) is 0.668. The first kappa shape index (κ1) is 14.9. The third-order valence-corrected chi connectivity index (χ3v) is 2.99. The van der Waals surface area contributed by atoms with Gasteiger partial charge in [0.2, 0.25) is 5.91 Å². The molecule has 0 aliphatic carbocycles. The predicted octanol–water partition coefficient (Wildman–Crippen LogP) is 0.363. The smallest absolute Gasteiger partial charge is 0.303 e. The molecule has 0 spiro atoms. The summed E-state index contributed by atoms with van der Waals surface area (Å²) in [4.78, 5) is 24.1. The lowest BCUT2D eigenvalue weighted by molar-refractivity contribution is -0.142. The number of likely N-dealkylation sites (tertiary alicyclic amines) is 1. The van der Waals surface area contributed by atoms with Gasteiger partial charge in [-0.25, -0.2) is 0 Å². The van der Waals surface area contributed by atoms with Gasteiger partial charge in [0, 0.05) is 26.6 Å². The molecule has 0 aromatic heterocycles. The van der Waals surface area contributed by atoms with Crippen molar-refractivity contribution in [1.82, 2.24) is 4.90 Å². The molecule has 6 nitrogen and oxygen atoms in total. The van der Waals surface area contributed by atoms with Crippen LogP contribution in [0.5, 0.6) is 0 Å². The van der Waals surface area contributed by atoms with E-state index in [1.807, 2.05) is 0 Å². The van der Waals surface area contributed by atoms with Crippen molar-refractivity contribution in [2.75, 3.05) is 40.0 Å². The minimum absolute atomic E-state index is 0.0448. The number of rotatable bonds is 7. The molecule has 0 aromatic rings. The molecule has 1 heterocycles. The van der Waals surface area contributed by atoms with Crippen molar-refractivity contribution in [3.8, 4) is 0 Å². The van der Waals surface area contributed by atoms with E-state index >= 15 is 0 Å². The Hall–Kier alpha value is -1.14. The molecule has 1 fully saturated rings. The highest BCUT2D eigenvalue weighted by atomic mass is 16.5. The van der Waals surface area contributed by atoms with E-state index in [2.05, 4.69) is 0 Å². The van der Waals surface area contributed by atoms with E-state index in [1.165, 1.54) is 0 Å². The number of carbonyl (C=O) groups excluding carboxylic acids is 1. The lowest BCUT2D eigenvalue weighted by atomic mass is 9.95. The normalized spacial score (nSPS) is 19.8. The second-order valence-corrected chi connectivity index (χ2v) is 4.49. The van der Waals surface area contributed by atoms with E-state index in [1.54, 1.807) is 12.0 Å². The van der Waals surface area contributed by atoms with Gasteiger partial charge in [0.25, 0.3) is 0 Å². The van der Waals surface area contributed by atoms with Crippen molar-refractivity contribution in [2.24, 2.45) is 5.92 Å². The van der Waals surface area contributed by atoms with Crippen LogP contribution in [-0.2, 0) is 19.1 Å². The van der Waals surface area contributed by atoms with Crippen LogP contribution in [0.25, 0.3) is 0 Å². The van der Waals surface area contributed by atoms with Crippen LogP contribution in [0, 0.1) is 5.92 Å². The van der Waals surface area contributed by atoms with Gasteiger partial charge in [-0.05, 0) is 18.8 Å². The Labute approximate surface area is 107 Å². The largest absolute Gasteiger partial charge is 0.481 e. The molecule has 1 N–H and O–H groups in total. The second kappa shape index (κ2) is 8.05. The van der Waals surface area contributed by atoms with Crippen LogP contribution in [-0.4, -0.2) is 61.9 Å². The zero-order chi connectivity index (χ0) is 13.4.